The number of allylic oxidation sites excluding steroid dienone is 4. The van der Waals surface area contributed by atoms with Crippen LogP contribution in [0.2, 0.25) is 0 Å². The van der Waals surface area contributed by atoms with Gasteiger partial charge in [0.05, 0.1) is 0 Å². The molecular formula is C72H57BN2. The Labute approximate surface area is 441 Å². The van der Waals surface area contributed by atoms with Gasteiger partial charge in [-0.1, -0.05) is 228 Å². The van der Waals surface area contributed by atoms with Crippen LogP contribution in [-0.4, -0.2) is 6.71 Å². The zero-order chi connectivity index (χ0) is 50.4. The molecular weight excluding hydrogens is 904 g/mol. The molecule has 0 radical (unpaired) electrons. The normalized spacial score (nSPS) is 14.0. The maximum absolute atomic E-state index is 2.65. The Bertz CT molecular complexity index is 4070. The first-order valence-corrected chi connectivity index (χ1v) is 26.8. The number of anilines is 5. The third-order valence-corrected chi connectivity index (χ3v) is 17.1. The maximum atomic E-state index is 2.65. The zero-order valence-corrected chi connectivity index (χ0v) is 43.1. The van der Waals surface area contributed by atoms with Crippen LogP contribution in [0.15, 0.2) is 254 Å². The van der Waals surface area contributed by atoms with Crippen LogP contribution in [0.4, 0.5) is 28.4 Å². The van der Waals surface area contributed by atoms with Gasteiger partial charge in [0.25, 0.3) is 6.71 Å². The van der Waals surface area contributed by atoms with Crippen LogP contribution in [0, 0.1) is 0 Å². The average Bonchev–Trinajstić information content (AvgIpc) is 3.49. The highest BCUT2D eigenvalue weighted by molar-refractivity contribution is 7.00. The molecule has 0 saturated heterocycles. The van der Waals surface area contributed by atoms with Gasteiger partial charge in [0.1, 0.15) is 0 Å². The van der Waals surface area contributed by atoms with Crippen molar-refractivity contribution >= 4 is 83.9 Å². The molecule has 14 rings (SSSR count). The fourth-order valence-electron chi connectivity index (χ4n) is 13.0. The average molecular weight is 961 g/mol. The van der Waals surface area contributed by atoms with Crippen molar-refractivity contribution in [3.05, 3.63) is 277 Å². The highest BCUT2D eigenvalue weighted by Crippen LogP contribution is 2.50. The second-order valence-corrected chi connectivity index (χ2v) is 21.9. The largest absolute Gasteiger partial charge is 0.315 e. The Hall–Kier alpha value is -8.66. The Balaban J connectivity index is 1.09. The predicted molar refractivity (Wildman–Crippen MR) is 321 cm³/mol. The summed E-state index contributed by atoms with van der Waals surface area (Å²) in [5.41, 5.74) is 21.0. The van der Waals surface area contributed by atoms with E-state index in [9.17, 15) is 0 Å². The van der Waals surface area contributed by atoms with Gasteiger partial charge in [0, 0.05) is 45.0 Å². The Morgan fingerprint density at radius 1 is 0.387 bits per heavy atom. The lowest BCUT2D eigenvalue weighted by Gasteiger charge is -2.46. The maximum Gasteiger partial charge on any atom is 0.252 e. The Morgan fingerprint density at radius 3 is 1.41 bits per heavy atom. The Morgan fingerprint density at radius 2 is 0.867 bits per heavy atom. The van der Waals surface area contributed by atoms with Crippen LogP contribution < -0.4 is 26.2 Å². The molecule has 11 aromatic rings. The molecule has 0 spiro atoms. The topological polar surface area (TPSA) is 6.48 Å². The minimum Gasteiger partial charge on any atom is -0.315 e. The molecule has 1 aliphatic carbocycles. The molecule has 0 unspecified atom stereocenters. The summed E-state index contributed by atoms with van der Waals surface area (Å²) in [7, 11) is 0. The second kappa shape index (κ2) is 17.5. The molecule has 358 valence electrons. The van der Waals surface area contributed by atoms with Crippen molar-refractivity contribution in [2.75, 3.05) is 9.80 Å². The van der Waals surface area contributed by atoms with Gasteiger partial charge in [-0.15, -0.1) is 0 Å². The summed E-state index contributed by atoms with van der Waals surface area (Å²) in [6.07, 6.45) is 8.88. The quantitative estimate of drug-likeness (QED) is 0.111. The van der Waals surface area contributed by atoms with E-state index in [0.29, 0.717) is 0 Å². The van der Waals surface area contributed by atoms with Crippen molar-refractivity contribution in [1.82, 2.24) is 0 Å². The molecule has 0 saturated carbocycles. The lowest BCUT2D eigenvalue weighted by molar-refractivity contribution is 0.641. The number of para-hydroxylation sites is 1. The monoisotopic (exact) mass is 960 g/mol. The molecule has 0 bridgehead atoms. The van der Waals surface area contributed by atoms with Crippen molar-refractivity contribution in [3.8, 4) is 22.3 Å². The molecule has 2 heterocycles. The molecule has 2 nitrogen and oxygen atoms in total. The van der Waals surface area contributed by atoms with Gasteiger partial charge in [-0.05, 0) is 155 Å². The number of fused-ring (bicyclic) bond motifs is 7. The minimum atomic E-state index is -0.248. The third-order valence-electron chi connectivity index (χ3n) is 17.1. The van der Waals surface area contributed by atoms with Crippen LogP contribution in [0.5, 0.6) is 0 Å². The van der Waals surface area contributed by atoms with E-state index in [4.69, 9.17) is 0 Å². The number of benzene rings is 11. The molecule has 0 N–H and O–H groups in total. The SMILES string of the molecule is CC(C)(c1ccccc1)c1ccc2c(c1)B1c3cc(C(C)(C)c4ccccc4)ccc3N(c3ccccc3)c3cc(-c4c5ccccc5c(-c5ccc6ccccc6c5)c5ccccc45)cc(c31)N2C1=CC=CCC1. The summed E-state index contributed by atoms with van der Waals surface area (Å²) >= 11 is 0. The third kappa shape index (κ3) is 7.16. The van der Waals surface area contributed by atoms with Crippen LogP contribution >= 0.6 is 0 Å². The van der Waals surface area contributed by atoms with Crippen LogP contribution in [-0.2, 0) is 10.8 Å². The zero-order valence-electron chi connectivity index (χ0n) is 43.1. The van der Waals surface area contributed by atoms with E-state index in [1.165, 1.54) is 122 Å². The van der Waals surface area contributed by atoms with Crippen molar-refractivity contribution in [2.45, 2.75) is 51.4 Å². The molecule has 0 aromatic heterocycles. The van der Waals surface area contributed by atoms with Gasteiger partial charge >= 0.3 is 0 Å². The smallest absolute Gasteiger partial charge is 0.252 e. The summed E-state index contributed by atoms with van der Waals surface area (Å²) < 4.78 is 0. The fraction of sp³-hybridized carbons (Fsp3) is 0.111. The first-order valence-electron chi connectivity index (χ1n) is 26.8. The van der Waals surface area contributed by atoms with Crippen LogP contribution in [0.1, 0.15) is 62.8 Å². The van der Waals surface area contributed by atoms with E-state index in [1.807, 2.05) is 0 Å². The molecule has 11 aromatic carbocycles. The molecule has 3 aliphatic rings. The Kier molecular flexibility index (Phi) is 10.5. The van der Waals surface area contributed by atoms with E-state index >= 15 is 0 Å². The van der Waals surface area contributed by atoms with E-state index in [2.05, 4.69) is 286 Å². The summed E-state index contributed by atoms with van der Waals surface area (Å²) in [4.78, 5) is 5.23. The number of hydrogen-bond donors (Lipinski definition) is 0. The van der Waals surface area contributed by atoms with Gasteiger partial charge in [-0.2, -0.15) is 0 Å². The number of hydrogen-bond acceptors (Lipinski definition) is 2. The van der Waals surface area contributed by atoms with E-state index in [1.54, 1.807) is 0 Å². The lowest BCUT2D eigenvalue weighted by Crippen LogP contribution is -2.62. The molecule has 2 aliphatic heterocycles. The molecule has 3 heteroatoms. The van der Waals surface area contributed by atoms with E-state index in [0.717, 1.165) is 18.5 Å². The van der Waals surface area contributed by atoms with Crippen molar-refractivity contribution in [1.29, 1.82) is 0 Å². The van der Waals surface area contributed by atoms with Crippen molar-refractivity contribution < 1.29 is 0 Å². The predicted octanol–water partition coefficient (Wildman–Crippen LogP) is 17.1. The summed E-state index contributed by atoms with van der Waals surface area (Å²) in [5.74, 6) is 0. The van der Waals surface area contributed by atoms with Crippen LogP contribution in [0.25, 0.3) is 54.6 Å². The van der Waals surface area contributed by atoms with Gasteiger partial charge < -0.3 is 9.80 Å². The first-order chi connectivity index (χ1) is 36.7. The van der Waals surface area contributed by atoms with Gasteiger partial charge in [-0.3, -0.25) is 0 Å². The molecule has 75 heavy (non-hydrogen) atoms. The van der Waals surface area contributed by atoms with Crippen LogP contribution in [0.3, 0.4) is 0 Å². The summed E-state index contributed by atoms with van der Waals surface area (Å²) in [6, 6.07) is 87.1. The highest BCUT2D eigenvalue weighted by Gasteiger charge is 2.45. The van der Waals surface area contributed by atoms with Gasteiger partial charge in [0.15, 0.2) is 0 Å². The van der Waals surface area contributed by atoms with Crippen molar-refractivity contribution in [3.63, 3.8) is 0 Å². The number of nitrogens with zero attached hydrogens (tertiary/aromatic N) is 2. The van der Waals surface area contributed by atoms with Gasteiger partial charge in [-0.25, -0.2) is 0 Å². The molecule has 0 amide bonds. The second-order valence-electron chi connectivity index (χ2n) is 21.9. The lowest BCUT2D eigenvalue weighted by atomic mass is 9.33. The summed E-state index contributed by atoms with van der Waals surface area (Å²) in [6.45, 7) is 9.47. The fourth-order valence-corrected chi connectivity index (χ4v) is 13.0. The molecule has 0 atom stereocenters. The van der Waals surface area contributed by atoms with Gasteiger partial charge in [0.2, 0.25) is 0 Å². The van der Waals surface area contributed by atoms with Crippen molar-refractivity contribution in [2.24, 2.45) is 0 Å². The minimum absolute atomic E-state index is 0.0631. The molecule has 0 fully saturated rings. The van der Waals surface area contributed by atoms with E-state index < -0.39 is 0 Å². The van der Waals surface area contributed by atoms with E-state index in [-0.39, 0.29) is 17.5 Å². The highest BCUT2D eigenvalue weighted by atomic mass is 15.2. The standard InChI is InChI=1S/C72H57BN2/c1-71(2,52-25-9-5-10-26-52)54-39-41-64-62(46-54)73-63-47-55(72(3,4)53-27-11-6-12-28-53)40-42-65(63)75(57-31-15-8-16-32-57)67-45-51(44-66(70(67)73)74(64)56-29-13-7-14-30-56)69-60-35-21-19-33-58(60)68(59-34-20-22-36-61(59)69)50-38-37-48-23-17-18-24-49(48)43-50/h5-15,17-31,33-47H,16,32H2,1-4H3. The first kappa shape index (κ1) is 45.0. The summed E-state index contributed by atoms with van der Waals surface area (Å²) in [5, 5.41) is 7.48. The number of rotatable bonds is 8.